The van der Waals surface area contributed by atoms with Gasteiger partial charge in [0.05, 0.1) is 26.3 Å². The Hall–Kier alpha value is -1.06. The molecular weight excluding hydrogens is 323 g/mol. The van der Waals surface area contributed by atoms with Crippen LogP contribution >= 0.6 is 0 Å². The number of nitrogens with zero attached hydrogens (tertiary/aromatic N) is 3. The molecule has 0 aromatic rings. The van der Waals surface area contributed by atoms with Crippen LogP contribution in [0.25, 0.3) is 0 Å². The van der Waals surface area contributed by atoms with Crippen LogP contribution in [0, 0.1) is 0 Å². The molecule has 1 atom stereocenters. The maximum absolute atomic E-state index is 12.3. The molecule has 9 heteroatoms. The van der Waals surface area contributed by atoms with Gasteiger partial charge in [-0.15, -0.1) is 0 Å². The lowest BCUT2D eigenvalue weighted by atomic mass is 10.2. The van der Waals surface area contributed by atoms with E-state index in [1.165, 1.54) is 11.9 Å². The van der Waals surface area contributed by atoms with Crippen LogP contribution in [0.15, 0.2) is 4.99 Å². The summed E-state index contributed by atoms with van der Waals surface area (Å²) in [5, 5.41) is 6.20. The van der Waals surface area contributed by atoms with Crippen molar-refractivity contribution in [2.75, 3.05) is 66.1 Å². The predicted octanol–water partition coefficient (Wildman–Crippen LogP) is 0.756. The van der Waals surface area contributed by atoms with Gasteiger partial charge in [-0.25, -0.2) is 0 Å². The highest BCUT2D eigenvalue weighted by Gasteiger charge is 2.28. The Morgan fingerprint density at radius 3 is 2.54 bits per heavy atom. The molecule has 1 heterocycles. The summed E-state index contributed by atoms with van der Waals surface area (Å²) in [5.41, 5.74) is 0. The third-order valence-electron chi connectivity index (χ3n) is 3.76. The van der Waals surface area contributed by atoms with Crippen LogP contribution in [0.3, 0.4) is 0 Å². The summed E-state index contributed by atoms with van der Waals surface area (Å²) in [6.07, 6.45) is -4.17. The summed E-state index contributed by atoms with van der Waals surface area (Å²) >= 11 is 0. The summed E-state index contributed by atoms with van der Waals surface area (Å²) in [7, 11) is 1.46. The SMILES string of the molecule is CCNC(=NCC(C)N1CCOCC1)NCCN(C)CC(F)(F)F. The van der Waals surface area contributed by atoms with Crippen LogP contribution < -0.4 is 10.6 Å². The highest BCUT2D eigenvalue weighted by molar-refractivity contribution is 5.79. The zero-order valence-corrected chi connectivity index (χ0v) is 14.8. The van der Waals surface area contributed by atoms with Crippen LogP contribution in [0.4, 0.5) is 13.2 Å². The molecule has 0 spiro atoms. The molecule has 0 radical (unpaired) electrons. The third-order valence-corrected chi connectivity index (χ3v) is 3.76. The summed E-state index contributed by atoms with van der Waals surface area (Å²) in [6.45, 7) is 8.52. The number of hydrogen-bond donors (Lipinski definition) is 2. The van der Waals surface area contributed by atoms with E-state index in [0.717, 1.165) is 26.3 Å². The van der Waals surface area contributed by atoms with Crippen LogP contribution in [0.1, 0.15) is 13.8 Å². The maximum Gasteiger partial charge on any atom is 0.401 e. The Morgan fingerprint density at radius 1 is 1.29 bits per heavy atom. The molecule has 0 aromatic carbocycles. The minimum Gasteiger partial charge on any atom is -0.379 e. The lowest BCUT2D eigenvalue weighted by molar-refractivity contribution is -0.142. The monoisotopic (exact) mass is 353 g/mol. The van der Waals surface area contributed by atoms with Crippen molar-refractivity contribution >= 4 is 5.96 Å². The summed E-state index contributed by atoms with van der Waals surface area (Å²) in [4.78, 5) is 8.10. The second-order valence-electron chi connectivity index (χ2n) is 6.00. The second kappa shape index (κ2) is 10.7. The van der Waals surface area contributed by atoms with E-state index < -0.39 is 12.7 Å². The minimum absolute atomic E-state index is 0.295. The van der Waals surface area contributed by atoms with Crippen molar-refractivity contribution in [2.45, 2.75) is 26.1 Å². The van der Waals surface area contributed by atoms with E-state index in [1.54, 1.807) is 0 Å². The van der Waals surface area contributed by atoms with E-state index in [4.69, 9.17) is 4.74 Å². The number of alkyl halides is 3. The Morgan fingerprint density at radius 2 is 1.96 bits per heavy atom. The Kier molecular flexibility index (Phi) is 9.38. The molecule has 1 saturated heterocycles. The average molecular weight is 353 g/mol. The van der Waals surface area contributed by atoms with E-state index in [2.05, 4.69) is 27.4 Å². The van der Waals surface area contributed by atoms with Gasteiger partial charge < -0.3 is 15.4 Å². The second-order valence-corrected chi connectivity index (χ2v) is 6.00. The van der Waals surface area contributed by atoms with E-state index >= 15 is 0 Å². The van der Waals surface area contributed by atoms with E-state index in [9.17, 15) is 13.2 Å². The summed E-state index contributed by atoms with van der Waals surface area (Å²) in [6, 6.07) is 0.303. The predicted molar refractivity (Wildman–Crippen MR) is 89.4 cm³/mol. The molecule has 0 aromatic heterocycles. The molecule has 1 fully saturated rings. The van der Waals surface area contributed by atoms with Crippen molar-refractivity contribution in [3.8, 4) is 0 Å². The molecule has 0 bridgehead atoms. The van der Waals surface area contributed by atoms with Crippen LogP contribution in [0.5, 0.6) is 0 Å². The van der Waals surface area contributed by atoms with Crippen molar-refractivity contribution < 1.29 is 17.9 Å². The number of rotatable bonds is 8. The molecule has 142 valence electrons. The van der Waals surface area contributed by atoms with E-state index in [0.29, 0.717) is 38.2 Å². The fraction of sp³-hybridized carbons (Fsp3) is 0.933. The fourth-order valence-electron chi connectivity index (χ4n) is 2.45. The van der Waals surface area contributed by atoms with Gasteiger partial charge in [0, 0.05) is 38.8 Å². The molecule has 1 aliphatic heterocycles. The van der Waals surface area contributed by atoms with E-state index in [-0.39, 0.29) is 0 Å². The number of hydrogen-bond acceptors (Lipinski definition) is 4. The number of guanidine groups is 1. The molecular formula is C15H30F3N5O. The molecule has 0 aliphatic carbocycles. The Labute approximate surface area is 142 Å². The van der Waals surface area contributed by atoms with Crippen LogP contribution in [0.2, 0.25) is 0 Å². The normalized spacial score (nSPS) is 18.7. The standard InChI is InChI=1S/C15H30F3N5O/c1-4-19-14(20-5-6-22(3)12-15(16,17)18)21-11-13(2)23-7-9-24-10-8-23/h13H,4-12H2,1-3H3,(H2,19,20,21). The molecule has 1 rings (SSSR count). The lowest BCUT2D eigenvalue weighted by Crippen LogP contribution is -2.45. The minimum atomic E-state index is -4.17. The van der Waals surface area contributed by atoms with Gasteiger partial charge in [-0.1, -0.05) is 0 Å². The smallest absolute Gasteiger partial charge is 0.379 e. The highest BCUT2D eigenvalue weighted by atomic mass is 19.4. The molecule has 1 unspecified atom stereocenters. The van der Waals surface area contributed by atoms with Gasteiger partial charge in [-0.2, -0.15) is 13.2 Å². The van der Waals surface area contributed by atoms with Crippen molar-refractivity contribution in [1.82, 2.24) is 20.4 Å². The quantitative estimate of drug-likeness (QED) is 0.498. The number of halogens is 3. The van der Waals surface area contributed by atoms with Gasteiger partial charge in [0.25, 0.3) is 0 Å². The Bertz CT molecular complexity index is 373. The van der Waals surface area contributed by atoms with Crippen molar-refractivity contribution in [1.29, 1.82) is 0 Å². The number of likely N-dealkylation sites (N-methyl/N-ethyl adjacent to an activating group) is 1. The zero-order valence-electron chi connectivity index (χ0n) is 14.8. The first-order chi connectivity index (χ1) is 11.3. The molecule has 2 N–H and O–H groups in total. The lowest BCUT2D eigenvalue weighted by Gasteiger charge is -2.31. The van der Waals surface area contributed by atoms with Gasteiger partial charge in [0.2, 0.25) is 0 Å². The number of morpholine rings is 1. The maximum atomic E-state index is 12.3. The van der Waals surface area contributed by atoms with Crippen molar-refractivity contribution in [3.05, 3.63) is 0 Å². The van der Waals surface area contributed by atoms with Gasteiger partial charge in [-0.3, -0.25) is 14.8 Å². The largest absolute Gasteiger partial charge is 0.401 e. The zero-order chi connectivity index (χ0) is 18.0. The van der Waals surface area contributed by atoms with Crippen LogP contribution in [-0.2, 0) is 4.74 Å². The highest BCUT2D eigenvalue weighted by Crippen LogP contribution is 2.14. The number of nitrogens with one attached hydrogen (secondary N) is 2. The molecule has 24 heavy (non-hydrogen) atoms. The molecule has 1 aliphatic rings. The fourth-order valence-corrected chi connectivity index (χ4v) is 2.45. The topological polar surface area (TPSA) is 52.1 Å². The van der Waals surface area contributed by atoms with Gasteiger partial charge in [0.15, 0.2) is 5.96 Å². The van der Waals surface area contributed by atoms with Crippen molar-refractivity contribution in [3.63, 3.8) is 0 Å². The third kappa shape index (κ3) is 9.29. The first-order valence-corrected chi connectivity index (χ1v) is 8.41. The van der Waals surface area contributed by atoms with Crippen molar-refractivity contribution in [2.24, 2.45) is 4.99 Å². The number of aliphatic imine (C=N–C) groups is 1. The van der Waals surface area contributed by atoms with Gasteiger partial charge in [0.1, 0.15) is 0 Å². The summed E-state index contributed by atoms with van der Waals surface area (Å²) < 4.78 is 42.2. The Balaban J connectivity index is 2.36. The molecule has 0 saturated carbocycles. The first-order valence-electron chi connectivity index (χ1n) is 8.41. The molecule has 0 amide bonds. The van der Waals surface area contributed by atoms with Gasteiger partial charge in [-0.05, 0) is 20.9 Å². The van der Waals surface area contributed by atoms with Gasteiger partial charge >= 0.3 is 6.18 Å². The average Bonchev–Trinajstić information content (AvgIpc) is 2.51. The summed E-state index contributed by atoms with van der Waals surface area (Å²) in [5.74, 6) is 0.637. The molecule has 6 nitrogen and oxygen atoms in total. The van der Waals surface area contributed by atoms with E-state index in [1.807, 2.05) is 6.92 Å². The van der Waals surface area contributed by atoms with Crippen LogP contribution in [-0.4, -0.2) is 94.1 Å². The number of ether oxygens (including phenoxy) is 1. The first kappa shape index (κ1) is 21.0.